The average molecular weight is 177 g/mol. The van der Waals surface area contributed by atoms with Gasteiger partial charge >= 0.3 is 0 Å². The molecule has 0 N–H and O–H groups in total. The molecule has 0 aliphatic rings. The lowest BCUT2D eigenvalue weighted by Gasteiger charge is -2.07. The fraction of sp³-hybridized carbons (Fsp3) is 0.455. The van der Waals surface area contributed by atoms with Crippen LogP contribution in [0.4, 0.5) is 0 Å². The number of hydrogen-bond donors (Lipinski definition) is 0. The first-order valence-electron chi connectivity index (χ1n) is 5.35. The van der Waals surface area contributed by atoms with Gasteiger partial charge in [-0.2, -0.15) is 6.32 Å². The van der Waals surface area contributed by atoms with Gasteiger partial charge in [-0.05, 0) is 19.4 Å². The van der Waals surface area contributed by atoms with Crippen LogP contribution >= 0.6 is 0 Å². The van der Waals surface area contributed by atoms with Crippen LogP contribution in [0.15, 0.2) is 24.3 Å². The van der Waals surface area contributed by atoms with Crippen molar-refractivity contribution in [2.75, 3.05) is 7.11 Å². The summed E-state index contributed by atoms with van der Waals surface area (Å²) in [6, 6.07) is 8.53. The lowest BCUT2D eigenvalue weighted by molar-refractivity contribution is 0.415. The van der Waals surface area contributed by atoms with Crippen molar-refractivity contribution in [1.29, 1.82) is 0 Å². The quantitative estimate of drug-likeness (QED) is 0.491. The largest absolute Gasteiger partial charge is 0.497 e. The minimum atomic E-state index is 0.118. The minimum absolute atomic E-state index is 0.118. The van der Waals surface area contributed by atoms with Gasteiger partial charge in [-0.15, -0.1) is 0 Å². The van der Waals surface area contributed by atoms with Crippen molar-refractivity contribution in [3.05, 3.63) is 24.3 Å². The first kappa shape index (κ1) is 10.2. The van der Waals surface area contributed by atoms with Gasteiger partial charge in [-0.25, -0.2) is 5.46 Å². The molecule has 0 spiro atoms. The molecule has 13 heavy (non-hydrogen) atoms. The lowest BCUT2D eigenvalue weighted by Crippen LogP contribution is -2.12. The maximum atomic E-state index is 5.11. The highest BCUT2D eigenvalue weighted by Gasteiger charge is 1.89. The molecule has 0 amide bonds. The number of methoxy groups -OCH3 is 1. The summed E-state index contributed by atoms with van der Waals surface area (Å²) in [5, 5.41) is 0. The molecule has 1 aromatic rings. The number of rotatable bonds is 5. The number of hydrogen-bond acceptors (Lipinski definition) is 1. The average Bonchev–Trinajstić information content (AvgIpc) is 2.19. The summed E-state index contributed by atoms with van der Waals surface area (Å²) in [5.41, 5.74) is 1.54. The number of ether oxygens (including phenoxy) is 1. The van der Waals surface area contributed by atoms with Crippen molar-refractivity contribution in [2.45, 2.75) is 26.1 Å². The highest BCUT2D eigenvalue weighted by atomic mass is 16.5. The van der Waals surface area contributed by atoms with E-state index in [9.17, 15) is 0 Å². The SMILES string of the molecule is CCCC[BH2-]c1ccc(OC)cc1. The highest BCUT2D eigenvalue weighted by molar-refractivity contribution is 6.53. The molecule has 2 heteroatoms. The smallest absolute Gasteiger partial charge is 0.118 e. The van der Waals surface area contributed by atoms with Crippen molar-refractivity contribution in [1.82, 2.24) is 0 Å². The first-order chi connectivity index (χ1) is 6.36. The standard InChI is InChI=1S/C11H18BO/c1-3-4-9-12-10-5-7-11(13-2)8-6-10/h5-8H,3-4,9,12H2,1-2H3/q-1. The molecule has 0 heterocycles. The molecule has 0 aromatic heterocycles. The molecule has 0 saturated heterocycles. The summed E-state index contributed by atoms with van der Waals surface area (Å²) in [7, 11) is 1.83. The van der Waals surface area contributed by atoms with Crippen LogP contribution in [0.5, 0.6) is 5.75 Å². The molecule has 1 nitrogen and oxygen atoms in total. The van der Waals surface area contributed by atoms with E-state index >= 15 is 0 Å². The van der Waals surface area contributed by atoms with Gasteiger partial charge in [0, 0.05) is 0 Å². The molecule has 0 radical (unpaired) electrons. The van der Waals surface area contributed by atoms with Crippen LogP contribution in [-0.2, 0) is 0 Å². The number of benzene rings is 1. The Morgan fingerprint density at radius 2 is 1.92 bits per heavy atom. The van der Waals surface area contributed by atoms with Crippen molar-refractivity contribution >= 4 is 12.7 Å². The monoisotopic (exact) mass is 177 g/mol. The molecule has 1 aromatic carbocycles. The van der Waals surface area contributed by atoms with Crippen LogP contribution in [0.2, 0.25) is 6.32 Å². The predicted octanol–water partition coefficient (Wildman–Crippen LogP) is 1.71. The summed E-state index contributed by atoms with van der Waals surface area (Å²) < 4.78 is 5.11. The van der Waals surface area contributed by atoms with Crippen molar-refractivity contribution in [2.24, 2.45) is 0 Å². The van der Waals surface area contributed by atoms with Crippen LogP contribution < -0.4 is 10.2 Å². The van der Waals surface area contributed by atoms with E-state index < -0.39 is 0 Å². The fourth-order valence-electron chi connectivity index (χ4n) is 1.73. The molecule has 0 unspecified atom stereocenters. The summed E-state index contributed by atoms with van der Waals surface area (Å²) in [4.78, 5) is 0. The van der Waals surface area contributed by atoms with Crippen molar-refractivity contribution < 1.29 is 4.74 Å². The van der Waals surface area contributed by atoms with Gasteiger partial charge in [0.1, 0.15) is 5.75 Å². The maximum absolute atomic E-state index is 5.11. The zero-order chi connectivity index (χ0) is 9.52. The molecule has 0 bridgehead atoms. The normalized spacial score (nSPS) is 10.0. The highest BCUT2D eigenvalue weighted by Crippen LogP contribution is 2.05. The van der Waals surface area contributed by atoms with Gasteiger partial charge < -0.3 is 4.74 Å². The molecule has 1 rings (SSSR count). The third kappa shape index (κ3) is 3.54. The van der Waals surface area contributed by atoms with E-state index in [-0.39, 0.29) is 7.28 Å². The van der Waals surface area contributed by atoms with Gasteiger partial charge in [0.2, 0.25) is 0 Å². The Morgan fingerprint density at radius 3 is 2.46 bits per heavy atom. The Kier molecular flexibility index (Phi) is 4.44. The van der Waals surface area contributed by atoms with Gasteiger partial charge in [0.25, 0.3) is 0 Å². The second-order valence-corrected chi connectivity index (χ2v) is 3.72. The van der Waals surface area contributed by atoms with Crippen molar-refractivity contribution in [3.8, 4) is 5.75 Å². The van der Waals surface area contributed by atoms with E-state index in [1.54, 1.807) is 7.11 Å². The lowest BCUT2D eigenvalue weighted by atomic mass is 9.66. The molecular formula is C11H18BO-. The Bertz CT molecular complexity index is 230. The van der Waals surface area contributed by atoms with Crippen LogP contribution in [0.1, 0.15) is 19.8 Å². The molecule has 0 fully saturated rings. The third-order valence-corrected chi connectivity index (χ3v) is 2.62. The van der Waals surface area contributed by atoms with E-state index in [1.807, 2.05) is 0 Å². The summed E-state index contributed by atoms with van der Waals surface area (Å²) in [6.07, 6.45) is 4.12. The van der Waals surface area contributed by atoms with Gasteiger partial charge in [-0.3, -0.25) is 0 Å². The van der Waals surface area contributed by atoms with Gasteiger partial charge in [0.15, 0.2) is 0 Å². The second kappa shape index (κ2) is 5.68. The molecule has 0 atom stereocenters. The Morgan fingerprint density at radius 1 is 1.23 bits per heavy atom. The molecular weight excluding hydrogens is 159 g/mol. The maximum Gasteiger partial charge on any atom is 0.118 e. The van der Waals surface area contributed by atoms with E-state index in [1.165, 1.54) is 24.6 Å². The van der Waals surface area contributed by atoms with Crippen LogP contribution in [0.25, 0.3) is 0 Å². The van der Waals surface area contributed by atoms with E-state index in [0.29, 0.717) is 0 Å². The Hall–Kier alpha value is -0.915. The van der Waals surface area contributed by atoms with Gasteiger partial charge in [-0.1, -0.05) is 31.9 Å². The zero-order valence-corrected chi connectivity index (χ0v) is 8.84. The summed E-state index contributed by atoms with van der Waals surface area (Å²) in [6.45, 7) is 2.25. The number of unbranched alkanes of at least 4 members (excludes halogenated alkanes) is 1. The summed E-state index contributed by atoms with van der Waals surface area (Å²) in [5.74, 6) is 0.964. The molecule has 0 saturated carbocycles. The third-order valence-electron chi connectivity index (χ3n) is 2.62. The van der Waals surface area contributed by atoms with Crippen LogP contribution in [0, 0.1) is 0 Å². The Balaban J connectivity index is 2.40. The predicted molar refractivity (Wildman–Crippen MR) is 60.9 cm³/mol. The second-order valence-electron chi connectivity index (χ2n) is 3.72. The Labute approximate surface area is 81.4 Å². The molecule has 0 aliphatic heterocycles. The fourth-order valence-corrected chi connectivity index (χ4v) is 1.73. The van der Waals surface area contributed by atoms with E-state index in [0.717, 1.165) is 5.75 Å². The van der Waals surface area contributed by atoms with Crippen LogP contribution in [0.3, 0.4) is 0 Å². The van der Waals surface area contributed by atoms with Crippen molar-refractivity contribution in [3.63, 3.8) is 0 Å². The molecule has 72 valence electrons. The molecule has 0 aliphatic carbocycles. The minimum Gasteiger partial charge on any atom is -0.497 e. The zero-order valence-electron chi connectivity index (χ0n) is 8.84. The van der Waals surface area contributed by atoms with E-state index in [4.69, 9.17) is 4.74 Å². The van der Waals surface area contributed by atoms with Gasteiger partial charge in [0.05, 0.1) is 7.11 Å². The summed E-state index contributed by atoms with van der Waals surface area (Å²) >= 11 is 0. The van der Waals surface area contributed by atoms with E-state index in [2.05, 4.69) is 31.2 Å². The van der Waals surface area contributed by atoms with Crippen LogP contribution in [-0.4, -0.2) is 14.4 Å². The first-order valence-corrected chi connectivity index (χ1v) is 5.35. The topological polar surface area (TPSA) is 9.23 Å².